The highest BCUT2D eigenvalue weighted by atomic mass is 32.2. The number of benzene rings is 2. The van der Waals surface area contributed by atoms with Crippen molar-refractivity contribution in [2.24, 2.45) is 0 Å². The van der Waals surface area contributed by atoms with Crippen LogP contribution in [0.3, 0.4) is 0 Å². The highest BCUT2D eigenvalue weighted by molar-refractivity contribution is 7.99. The van der Waals surface area contributed by atoms with E-state index in [2.05, 4.69) is 27.6 Å². The van der Waals surface area contributed by atoms with Crippen molar-refractivity contribution in [1.29, 1.82) is 0 Å². The molecule has 0 bridgehead atoms. The quantitative estimate of drug-likeness (QED) is 0.431. The second-order valence-electron chi connectivity index (χ2n) is 6.97. The molecule has 0 radical (unpaired) electrons. The molecule has 1 amide bonds. The number of furan rings is 1. The van der Waals surface area contributed by atoms with Crippen LogP contribution in [0.2, 0.25) is 0 Å². The van der Waals surface area contributed by atoms with Gasteiger partial charge in [-0.2, -0.15) is 0 Å². The lowest BCUT2D eigenvalue weighted by atomic mass is 10.2. The highest BCUT2D eigenvalue weighted by Crippen LogP contribution is 2.28. The Bertz CT molecular complexity index is 1150. The first-order valence-corrected chi connectivity index (χ1v) is 10.6. The van der Waals surface area contributed by atoms with Crippen molar-refractivity contribution in [3.63, 3.8) is 0 Å². The van der Waals surface area contributed by atoms with E-state index in [-0.39, 0.29) is 11.7 Å². The van der Waals surface area contributed by atoms with Gasteiger partial charge >= 0.3 is 0 Å². The Labute approximate surface area is 179 Å². The number of amides is 1. The summed E-state index contributed by atoms with van der Waals surface area (Å²) < 4.78 is 7.48. The van der Waals surface area contributed by atoms with Gasteiger partial charge in [0.2, 0.25) is 5.91 Å². The zero-order valence-electron chi connectivity index (χ0n) is 16.8. The van der Waals surface area contributed by atoms with E-state index in [1.165, 1.54) is 11.8 Å². The minimum atomic E-state index is -0.0825. The maximum absolute atomic E-state index is 12.5. The summed E-state index contributed by atoms with van der Waals surface area (Å²) in [6, 6.07) is 19.8. The number of carbonyl (C=O) groups excluding carboxylic acids is 1. The predicted octanol–water partition coefficient (Wildman–Crippen LogP) is 4.93. The van der Waals surface area contributed by atoms with E-state index >= 15 is 0 Å². The molecule has 0 aliphatic carbocycles. The summed E-state index contributed by atoms with van der Waals surface area (Å²) in [5.41, 5.74) is 3.92. The molecule has 0 aliphatic heterocycles. The number of rotatable bonds is 7. The van der Waals surface area contributed by atoms with Crippen LogP contribution in [0.4, 0.5) is 5.69 Å². The minimum Gasteiger partial charge on any atom is -0.469 e. The van der Waals surface area contributed by atoms with Gasteiger partial charge < -0.3 is 9.73 Å². The molecule has 0 spiro atoms. The van der Waals surface area contributed by atoms with Crippen LogP contribution in [-0.4, -0.2) is 26.4 Å². The second-order valence-corrected chi connectivity index (χ2v) is 7.92. The predicted molar refractivity (Wildman–Crippen MR) is 119 cm³/mol. The number of nitrogens with zero attached hydrogens (tertiary/aromatic N) is 3. The lowest BCUT2D eigenvalue weighted by molar-refractivity contribution is -0.113. The summed E-state index contributed by atoms with van der Waals surface area (Å²) in [6.45, 7) is 4.50. The number of hydrogen-bond acceptors (Lipinski definition) is 5. The first kappa shape index (κ1) is 20.0. The molecule has 0 unspecified atom stereocenters. The molecule has 1 N–H and O–H groups in total. The SMILES string of the molecule is Cc1cccc(NC(=O)CSc2nnc(-c3ccoc3C)n2Cc2ccccc2)c1. The molecule has 2 aromatic heterocycles. The van der Waals surface area contributed by atoms with Gasteiger partial charge in [-0.1, -0.05) is 54.2 Å². The van der Waals surface area contributed by atoms with Crippen LogP contribution in [0.25, 0.3) is 11.4 Å². The van der Waals surface area contributed by atoms with E-state index in [0.29, 0.717) is 11.7 Å². The average Bonchev–Trinajstić information content (AvgIpc) is 3.33. The van der Waals surface area contributed by atoms with Gasteiger partial charge in [0.15, 0.2) is 11.0 Å². The Morgan fingerprint density at radius 3 is 2.63 bits per heavy atom. The van der Waals surface area contributed by atoms with E-state index in [1.54, 1.807) is 6.26 Å². The highest BCUT2D eigenvalue weighted by Gasteiger charge is 2.18. The summed E-state index contributed by atoms with van der Waals surface area (Å²) in [6.07, 6.45) is 1.65. The van der Waals surface area contributed by atoms with Crippen LogP contribution < -0.4 is 5.32 Å². The fourth-order valence-electron chi connectivity index (χ4n) is 3.17. The molecular formula is C23H22N4O2S. The molecule has 2 heterocycles. The summed E-state index contributed by atoms with van der Waals surface area (Å²) in [5.74, 6) is 1.67. The molecule has 0 aliphatic rings. The van der Waals surface area contributed by atoms with Gasteiger partial charge in [0.25, 0.3) is 0 Å². The van der Waals surface area contributed by atoms with Gasteiger partial charge in [-0.05, 0) is 43.2 Å². The van der Waals surface area contributed by atoms with E-state index in [1.807, 2.05) is 66.9 Å². The van der Waals surface area contributed by atoms with Gasteiger partial charge in [-0.15, -0.1) is 10.2 Å². The smallest absolute Gasteiger partial charge is 0.234 e. The maximum atomic E-state index is 12.5. The largest absolute Gasteiger partial charge is 0.469 e. The first-order valence-electron chi connectivity index (χ1n) is 9.61. The van der Waals surface area contributed by atoms with E-state index in [4.69, 9.17) is 4.42 Å². The van der Waals surface area contributed by atoms with Crippen LogP contribution in [0.1, 0.15) is 16.9 Å². The number of hydrogen-bond donors (Lipinski definition) is 1. The van der Waals surface area contributed by atoms with Crippen molar-refractivity contribution in [1.82, 2.24) is 14.8 Å². The van der Waals surface area contributed by atoms with Gasteiger partial charge in [-0.3, -0.25) is 9.36 Å². The van der Waals surface area contributed by atoms with E-state index < -0.39 is 0 Å². The van der Waals surface area contributed by atoms with Crippen LogP contribution in [-0.2, 0) is 11.3 Å². The topological polar surface area (TPSA) is 73.0 Å². The molecule has 2 aromatic carbocycles. The standard InChI is InChI=1S/C23H22N4O2S/c1-16-7-6-10-19(13-16)24-21(28)15-30-23-26-25-22(20-11-12-29-17(20)2)27(23)14-18-8-4-3-5-9-18/h3-13H,14-15H2,1-2H3,(H,24,28). The van der Waals surface area contributed by atoms with Gasteiger partial charge in [0, 0.05) is 5.69 Å². The van der Waals surface area contributed by atoms with Crippen molar-refractivity contribution in [2.45, 2.75) is 25.5 Å². The Kier molecular flexibility index (Phi) is 5.99. The molecule has 0 saturated heterocycles. The van der Waals surface area contributed by atoms with Crippen LogP contribution in [0, 0.1) is 13.8 Å². The average molecular weight is 419 g/mol. The summed E-state index contributed by atoms with van der Waals surface area (Å²) in [5, 5.41) is 12.4. The van der Waals surface area contributed by atoms with Crippen LogP contribution in [0.5, 0.6) is 0 Å². The number of nitrogens with one attached hydrogen (secondary N) is 1. The summed E-state index contributed by atoms with van der Waals surface area (Å²) in [7, 11) is 0. The first-order chi connectivity index (χ1) is 14.6. The van der Waals surface area contributed by atoms with Crippen molar-refractivity contribution >= 4 is 23.4 Å². The van der Waals surface area contributed by atoms with Gasteiger partial charge in [0.05, 0.1) is 24.1 Å². The molecule has 0 fully saturated rings. The normalized spacial score (nSPS) is 10.9. The number of aromatic nitrogens is 3. The Balaban J connectivity index is 1.54. The van der Waals surface area contributed by atoms with Gasteiger partial charge in [0.1, 0.15) is 5.76 Å². The summed E-state index contributed by atoms with van der Waals surface area (Å²) in [4.78, 5) is 12.5. The zero-order chi connectivity index (χ0) is 20.9. The van der Waals surface area contributed by atoms with Crippen LogP contribution in [0.15, 0.2) is 76.5 Å². The molecule has 0 saturated carbocycles. The Morgan fingerprint density at radius 1 is 1.07 bits per heavy atom. The Morgan fingerprint density at radius 2 is 1.90 bits per heavy atom. The molecule has 0 atom stereocenters. The van der Waals surface area contributed by atoms with Crippen LogP contribution >= 0.6 is 11.8 Å². The molecule has 7 heteroatoms. The third-order valence-corrected chi connectivity index (χ3v) is 5.60. The monoisotopic (exact) mass is 418 g/mol. The molecule has 4 aromatic rings. The van der Waals surface area contributed by atoms with Crippen molar-refractivity contribution in [3.05, 3.63) is 83.8 Å². The van der Waals surface area contributed by atoms with Crippen molar-refractivity contribution < 1.29 is 9.21 Å². The third kappa shape index (κ3) is 4.63. The van der Waals surface area contributed by atoms with Crippen molar-refractivity contribution in [2.75, 3.05) is 11.1 Å². The summed E-state index contributed by atoms with van der Waals surface area (Å²) >= 11 is 1.37. The molecular weight excluding hydrogens is 396 g/mol. The Hall–Kier alpha value is -3.32. The molecule has 152 valence electrons. The molecule has 6 nitrogen and oxygen atoms in total. The lowest BCUT2D eigenvalue weighted by Gasteiger charge is -2.10. The second kappa shape index (κ2) is 9.00. The fourth-order valence-corrected chi connectivity index (χ4v) is 3.91. The van der Waals surface area contributed by atoms with Crippen molar-refractivity contribution in [3.8, 4) is 11.4 Å². The zero-order valence-corrected chi connectivity index (χ0v) is 17.6. The van der Waals surface area contributed by atoms with E-state index in [9.17, 15) is 4.79 Å². The number of thioether (sulfide) groups is 1. The van der Waals surface area contributed by atoms with Gasteiger partial charge in [-0.25, -0.2) is 0 Å². The number of aryl methyl sites for hydroxylation is 2. The maximum Gasteiger partial charge on any atom is 0.234 e. The number of carbonyl (C=O) groups is 1. The molecule has 4 rings (SSSR count). The lowest BCUT2D eigenvalue weighted by Crippen LogP contribution is -2.15. The van der Waals surface area contributed by atoms with E-state index in [0.717, 1.165) is 34.0 Å². The fraction of sp³-hybridized carbons (Fsp3) is 0.174. The molecule has 30 heavy (non-hydrogen) atoms. The third-order valence-electron chi connectivity index (χ3n) is 4.63. The number of anilines is 1. The minimum absolute atomic E-state index is 0.0825.